The number of carbonyl (C=O) groups excluding carboxylic acids is 4. The first-order valence-corrected chi connectivity index (χ1v) is 23.1. The van der Waals surface area contributed by atoms with Crippen LogP contribution in [-0.4, -0.2) is 129 Å². The molecule has 0 saturated heterocycles. The fraction of sp³-hybridized carbons (Fsp3) is 0.844. The third-order valence-electron chi connectivity index (χ3n) is 9.87. The standard InChI is InChI=1S/C26H47N3O11.C19H36O3/c1-2-20(25(33)34)8-9-23(31)29-11-13-38-15-16-39-18-21(30)6-5-12-37-14-17-40-19-24(32)28-10-4-3-7-22(27)26(35)36;1-18(20)16-14-12-10-8-6-4-2-3-5-7-9-11-13-15-17-19(21)22/h20,22H,2-19,27H2,1H3,(H,28,32)(H,29,31)(H,33,34)(H,35,36);2-17H2,1H3,(H,21,22)/t20-,22-;/m0./s1. The number of unbranched alkanes of at least 4 members (excludes halogenated alkanes) is 14. The molecule has 362 valence electrons. The number of ether oxygens (including phenoxy) is 4. The van der Waals surface area contributed by atoms with Crippen molar-refractivity contribution in [1.29, 1.82) is 0 Å². The molecule has 0 aliphatic heterocycles. The minimum Gasteiger partial charge on any atom is -0.481 e. The number of ketones is 2. The van der Waals surface area contributed by atoms with E-state index in [0.717, 1.165) is 25.7 Å². The van der Waals surface area contributed by atoms with Gasteiger partial charge in [-0.25, -0.2) is 0 Å². The number of amides is 2. The molecule has 7 N–H and O–H groups in total. The highest BCUT2D eigenvalue weighted by Crippen LogP contribution is 2.14. The van der Waals surface area contributed by atoms with Crippen LogP contribution in [0.2, 0.25) is 0 Å². The molecular formula is C45H83N3O14. The average molecular weight is 890 g/mol. The second-order valence-electron chi connectivity index (χ2n) is 15.6. The Morgan fingerprint density at radius 2 is 0.984 bits per heavy atom. The lowest BCUT2D eigenvalue weighted by atomic mass is 10.0. The van der Waals surface area contributed by atoms with Crippen LogP contribution in [0.4, 0.5) is 0 Å². The van der Waals surface area contributed by atoms with Gasteiger partial charge in [0.15, 0.2) is 5.78 Å². The zero-order valence-corrected chi connectivity index (χ0v) is 38.1. The number of nitrogens with two attached hydrogens (primary N) is 1. The predicted octanol–water partition coefficient (Wildman–Crippen LogP) is 6.01. The van der Waals surface area contributed by atoms with E-state index in [9.17, 15) is 33.6 Å². The molecule has 0 radical (unpaired) electrons. The van der Waals surface area contributed by atoms with Crippen LogP contribution in [0.15, 0.2) is 0 Å². The van der Waals surface area contributed by atoms with E-state index in [0.29, 0.717) is 83.5 Å². The molecule has 0 aliphatic rings. The van der Waals surface area contributed by atoms with Crippen LogP contribution < -0.4 is 16.4 Å². The molecule has 17 heteroatoms. The first-order chi connectivity index (χ1) is 29.8. The fourth-order valence-electron chi connectivity index (χ4n) is 6.06. The number of hydrogen-bond acceptors (Lipinski definition) is 12. The molecule has 62 heavy (non-hydrogen) atoms. The molecule has 0 saturated carbocycles. The van der Waals surface area contributed by atoms with Gasteiger partial charge < -0.3 is 55.4 Å². The van der Waals surface area contributed by atoms with E-state index in [2.05, 4.69) is 10.6 Å². The van der Waals surface area contributed by atoms with Crippen LogP contribution in [-0.2, 0) is 52.5 Å². The number of carboxylic acid groups (broad SMARTS) is 3. The average Bonchev–Trinajstić information content (AvgIpc) is 3.22. The molecule has 0 rings (SSSR count). The molecule has 2 atom stereocenters. The molecule has 17 nitrogen and oxygen atoms in total. The zero-order valence-electron chi connectivity index (χ0n) is 38.1. The number of nitrogens with one attached hydrogen (secondary N) is 2. The van der Waals surface area contributed by atoms with E-state index in [-0.39, 0.29) is 63.7 Å². The fourth-order valence-corrected chi connectivity index (χ4v) is 6.06. The Balaban J connectivity index is 0. The van der Waals surface area contributed by atoms with Gasteiger partial charge in [-0.05, 0) is 58.3 Å². The lowest BCUT2D eigenvalue weighted by molar-refractivity contribution is -0.142. The summed E-state index contributed by atoms with van der Waals surface area (Å²) in [5.74, 6) is -3.31. The first-order valence-electron chi connectivity index (χ1n) is 23.1. The highest BCUT2D eigenvalue weighted by Gasteiger charge is 2.16. The topological polar surface area (TPSA) is 267 Å². The molecule has 0 aromatic carbocycles. The molecule has 2 amide bonds. The normalized spacial score (nSPS) is 11.9. The summed E-state index contributed by atoms with van der Waals surface area (Å²) in [4.78, 5) is 77.8. The smallest absolute Gasteiger partial charge is 0.320 e. The van der Waals surface area contributed by atoms with Gasteiger partial charge in [0, 0.05) is 45.4 Å². The van der Waals surface area contributed by atoms with Crippen LogP contribution in [0, 0.1) is 5.92 Å². The predicted molar refractivity (Wildman–Crippen MR) is 236 cm³/mol. The minimum absolute atomic E-state index is 0.0210. The number of hydrogen-bond donors (Lipinski definition) is 6. The highest BCUT2D eigenvalue weighted by molar-refractivity contribution is 5.79. The summed E-state index contributed by atoms with van der Waals surface area (Å²) in [6, 6.07) is -0.879. The summed E-state index contributed by atoms with van der Waals surface area (Å²) < 4.78 is 21.2. The minimum atomic E-state index is -1.03. The monoisotopic (exact) mass is 890 g/mol. The second-order valence-corrected chi connectivity index (χ2v) is 15.6. The molecule has 0 bridgehead atoms. The SMILES string of the molecule is CC(=O)CCCCCCCCCCCCCCCCC(=O)O.CC[C@@H](CCC(=O)NCCOCCOCC(=O)CCCOCCOCC(=O)NCCCC[C@H](N)C(=O)O)C(=O)O. The number of rotatable bonds is 45. The zero-order chi connectivity index (χ0) is 46.5. The lowest BCUT2D eigenvalue weighted by Crippen LogP contribution is -2.31. The van der Waals surface area contributed by atoms with Gasteiger partial charge in [0.05, 0.1) is 39.0 Å². The Morgan fingerprint density at radius 1 is 0.484 bits per heavy atom. The largest absolute Gasteiger partial charge is 0.481 e. The summed E-state index contributed by atoms with van der Waals surface area (Å²) >= 11 is 0. The van der Waals surface area contributed by atoms with Crippen molar-refractivity contribution in [3.05, 3.63) is 0 Å². The van der Waals surface area contributed by atoms with Gasteiger partial charge in [-0.15, -0.1) is 0 Å². The molecule has 0 heterocycles. The molecule has 0 spiro atoms. The van der Waals surface area contributed by atoms with Gasteiger partial charge in [-0.3, -0.25) is 28.8 Å². The van der Waals surface area contributed by atoms with Crippen LogP contribution in [0.25, 0.3) is 0 Å². The lowest BCUT2D eigenvalue weighted by Gasteiger charge is -2.10. The van der Waals surface area contributed by atoms with Crippen molar-refractivity contribution in [3.8, 4) is 0 Å². The summed E-state index contributed by atoms with van der Waals surface area (Å²) in [5.41, 5.74) is 5.40. The van der Waals surface area contributed by atoms with Gasteiger partial charge in [0.1, 0.15) is 25.0 Å². The summed E-state index contributed by atoms with van der Waals surface area (Å²) in [6.07, 6.45) is 21.7. The molecular weight excluding hydrogens is 807 g/mol. The molecule has 0 aromatic rings. The van der Waals surface area contributed by atoms with Crippen LogP contribution in [0.5, 0.6) is 0 Å². The van der Waals surface area contributed by atoms with E-state index in [1.807, 2.05) is 0 Å². The molecule has 0 fully saturated rings. The molecule has 0 unspecified atom stereocenters. The van der Waals surface area contributed by atoms with Gasteiger partial charge in [0.2, 0.25) is 11.8 Å². The quantitative estimate of drug-likeness (QED) is 0.0382. The Kier molecular flexibility index (Phi) is 44.5. The van der Waals surface area contributed by atoms with E-state index in [1.165, 1.54) is 70.6 Å². The second kappa shape index (κ2) is 45.5. The van der Waals surface area contributed by atoms with Crippen molar-refractivity contribution in [1.82, 2.24) is 10.6 Å². The van der Waals surface area contributed by atoms with Crippen molar-refractivity contribution in [3.63, 3.8) is 0 Å². The summed E-state index contributed by atoms with van der Waals surface area (Å²) in [6.45, 7) is 5.80. The summed E-state index contributed by atoms with van der Waals surface area (Å²) in [7, 11) is 0. The van der Waals surface area contributed by atoms with E-state index in [4.69, 9.17) is 40.0 Å². The molecule has 0 aliphatic carbocycles. The van der Waals surface area contributed by atoms with Crippen molar-refractivity contribution in [2.24, 2.45) is 11.7 Å². The van der Waals surface area contributed by atoms with Crippen molar-refractivity contribution >= 4 is 41.3 Å². The Hall–Kier alpha value is -3.51. The number of carbonyl (C=O) groups is 7. The third kappa shape index (κ3) is 47.5. The van der Waals surface area contributed by atoms with Gasteiger partial charge >= 0.3 is 17.9 Å². The van der Waals surface area contributed by atoms with Crippen LogP contribution >= 0.6 is 0 Å². The number of Topliss-reactive ketones (excluding diaryl/α,β-unsaturated/α-hetero) is 2. The van der Waals surface area contributed by atoms with E-state index < -0.39 is 29.9 Å². The first kappa shape index (κ1) is 60.6. The summed E-state index contributed by atoms with van der Waals surface area (Å²) in [5, 5.41) is 31.5. The van der Waals surface area contributed by atoms with Crippen molar-refractivity contribution < 1.29 is 67.8 Å². The van der Waals surface area contributed by atoms with Crippen LogP contribution in [0.1, 0.15) is 168 Å². The van der Waals surface area contributed by atoms with E-state index in [1.54, 1.807) is 13.8 Å². The van der Waals surface area contributed by atoms with Crippen molar-refractivity contribution in [2.75, 3.05) is 65.9 Å². The maximum atomic E-state index is 11.8. The van der Waals surface area contributed by atoms with E-state index >= 15 is 0 Å². The molecule has 0 aromatic heterocycles. The number of aliphatic carboxylic acids is 3. The highest BCUT2D eigenvalue weighted by atomic mass is 16.5. The van der Waals surface area contributed by atoms with Gasteiger partial charge in [-0.1, -0.05) is 84.0 Å². The Morgan fingerprint density at radius 3 is 1.50 bits per heavy atom. The maximum Gasteiger partial charge on any atom is 0.320 e. The maximum absolute atomic E-state index is 11.8. The van der Waals surface area contributed by atoms with Gasteiger partial charge in [0.25, 0.3) is 0 Å². The van der Waals surface area contributed by atoms with Gasteiger partial charge in [-0.2, -0.15) is 0 Å². The Bertz CT molecular complexity index is 1140. The Labute approximate surface area is 370 Å². The third-order valence-corrected chi connectivity index (χ3v) is 9.87. The number of carboxylic acids is 3. The van der Waals surface area contributed by atoms with Crippen molar-refractivity contribution in [2.45, 2.75) is 174 Å². The van der Waals surface area contributed by atoms with Crippen LogP contribution in [0.3, 0.4) is 0 Å².